The number of hydrogen-bond acceptors (Lipinski definition) is 2. The zero-order chi connectivity index (χ0) is 25.1. The number of carbonyl (C=O) groups excluding carboxylic acids is 2. The van der Waals surface area contributed by atoms with Crippen molar-refractivity contribution in [2.45, 2.75) is 112 Å². The molecular weight excluding hydrogens is 416 g/mol. The molecule has 0 aromatic heterocycles. The molecule has 1 aromatic rings. The molecule has 188 valence electrons. The van der Waals surface area contributed by atoms with Gasteiger partial charge < -0.3 is 0 Å². The Balaban J connectivity index is 1.75. The molecule has 34 heavy (non-hydrogen) atoms. The normalized spacial score (nSPS) is 16.3. The molecule has 0 spiro atoms. The molecule has 0 fully saturated rings. The van der Waals surface area contributed by atoms with E-state index < -0.39 is 0 Å². The van der Waals surface area contributed by atoms with E-state index in [0.29, 0.717) is 35.1 Å². The van der Waals surface area contributed by atoms with Crippen molar-refractivity contribution in [1.82, 2.24) is 0 Å². The van der Waals surface area contributed by atoms with Gasteiger partial charge in [0.25, 0.3) is 0 Å². The molecule has 0 amide bonds. The first-order chi connectivity index (χ1) is 16.2. The average molecular weight is 465 g/mol. The van der Waals surface area contributed by atoms with E-state index in [-0.39, 0.29) is 11.6 Å². The largest absolute Gasteiger partial charge is 0.289 e. The van der Waals surface area contributed by atoms with E-state index in [1.165, 1.54) is 56.9 Å². The first-order valence-electron chi connectivity index (χ1n) is 13.8. The van der Waals surface area contributed by atoms with Crippen molar-refractivity contribution in [3.63, 3.8) is 0 Å². The van der Waals surface area contributed by atoms with Gasteiger partial charge in [-0.3, -0.25) is 9.59 Å². The molecule has 0 N–H and O–H groups in total. The van der Waals surface area contributed by atoms with Crippen LogP contribution in [0.1, 0.15) is 133 Å². The summed E-state index contributed by atoms with van der Waals surface area (Å²) >= 11 is 0. The van der Waals surface area contributed by atoms with Crippen molar-refractivity contribution in [3.05, 3.63) is 58.2 Å². The van der Waals surface area contributed by atoms with Crippen LogP contribution in [0.3, 0.4) is 0 Å². The van der Waals surface area contributed by atoms with Crippen LogP contribution in [0.2, 0.25) is 0 Å². The summed E-state index contributed by atoms with van der Waals surface area (Å²) in [7, 11) is 0. The van der Waals surface area contributed by atoms with Crippen LogP contribution in [0.15, 0.2) is 47.1 Å². The smallest absolute Gasteiger partial charge is 0.190 e. The Morgan fingerprint density at radius 3 is 1.79 bits per heavy atom. The standard InChI is InChI=1S/C32H48O2/c1-7-27-30(32(34)29-20-9-8-19-28(29)31(27)33)22-21-26(6)18-12-17-25(5)16-11-15-24(4)14-10-13-23(2)3/h8-9,19-21,23-25H,7,10-18,22H2,1-6H3/t24-,25-/m1/s1. The van der Waals surface area contributed by atoms with Gasteiger partial charge in [-0.2, -0.15) is 0 Å². The van der Waals surface area contributed by atoms with Crippen molar-refractivity contribution >= 4 is 11.6 Å². The van der Waals surface area contributed by atoms with Crippen molar-refractivity contribution in [2.24, 2.45) is 17.8 Å². The summed E-state index contributed by atoms with van der Waals surface area (Å²) in [6.07, 6.45) is 15.1. The van der Waals surface area contributed by atoms with Crippen LogP contribution in [0.4, 0.5) is 0 Å². The monoisotopic (exact) mass is 464 g/mol. The summed E-state index contributed by atoms with van der Waals surface area (Å²) in [6, 6.07) is 7.24. The van der Waals surface area contributed by atoms with Gasteiger partial charge in [0.1, 0.15) is 0 Å². The molecule has 1 aliphatic carbocycles. The van der Waals surface area contributed by atoms with E-state index in [4.69, 9.17) is 0 Å². The molecule has 0 unspecified atom stereocenters. The van der Waals surface area contributed by atoms with E-state index in [2.05, 4.69) is 40.7 Å². The molecule has 1 aliphatic rings. The van der Waals surface area contributed by atoms with Crippen molar-refractivity contribution in [2.75, 3.05) is 0 Å². The summed E-state index contributed by atoms with van der Waals surface area (Å²) in [6.45, 7) is 13.6. The molecule has 2 rings (SSSR count). The lowest BCUT2D eigenvalue weighted by molar-refractivity contribution is 0.0970. The van der Waals surface area contributed by atoms with Gasteiger partial charge in [0.2, 0.25) is 0 Å². The minimum absolute atomic E-state index is 0.0295. The predicted molar refractivity (Wildman–Crippen MR) is 146 cm³/mol. The van der Waals surface area contributed by atoms with E-state index in [0.717, 1.165) is 24.2 Å². The SMILES string of the molecule is CCC1=C(CC=C(C)CCC[C@H](C)CCC[C@H](C)CCCC(C)C)C(=O)c2ccccc2C1=O. The molecule has 1 aromatic carbocycles. The molecular formula is C32H48O2. The number of fused-ring (bicyclic) bond motifs is 1. The molecule has 2 nitrogen and oxygen atoms in total. The second kappa shape index (κ2) is 14.4. The third-order valence-electron chi connectivity index (χ3n) is 7.48. The summed E-state index contributed by atoms with van der Waals surface area (Å²) in [5.74, 6) is 2.53. The minimum atomic E-state index is 0.0295. The summed E-state index contributed by atoms with van der Waals surface area (Å²) in [5.41, 5.74) is 3.84. The number of benzene rings is 1. The first-order valence-corrected chi connectivity index (χ1v) is 13.8. The second-order valence-electron chi connectivity index (χ2n) is 11.1. The first kappa shape index (κ1) is 28.3. The fourth-order valence-electron chi connectivity index (χ4n) is 5.15. The Hall–Kier alpha value is -1.96. The maximum Gasteiger partial charge on any atom is 0.190 e. The molecule has 0 aliphatic heterocycles. The molecule has 0 radical (unpaired) electrons. The maximum atomic E-state index is 13.0. The van der Waals surface area contributed by atoms with Crippen molar-refractivity contribution < 1.29 is 9.59 Å². The van der Waals surface area contributed by atoms with Crippen LogP contribution in [0.5, 0.6) is 0 Å². The van der Waals surface area contributed by atoms with Crippen LogP contribution < -0.4 is 0 Å². The van der Waals surface area contributed by atoms with Gasteiger partial charge >= 0.3 is 0 Å². The number of allylic oxidation sites excluding steroid dienone is 4. The number of rotatable bonds is 15. The highest BCUT2D eigenvalue weighted by Crippen LogP contribution is 2.30. The van der Waals surface area contributed by atoms with Gasteiger partial charge in [-0.05, 0) is 50.4 Å². The molecule has 0 saturated carbocycles. The summed E-state index contributed by atoms with van der Waals surface area (Å²) < 4.78 is 0. The van der Waals surface area contributed by atoms with Crippen LogP contribution in [-0.2, 0) is 0 Å². The molecule has 0 saturated heterocycles. The quantitative estimate of drug-likeness (QED) is 0.242. The highest BCUT2D eigenvalue weighted by molar-refractivity contribution is 6.26. The lowest BCUT2D eigenvalue weighted by Gasteiger charge is -2.20. The van der Waals surface area contributed by atoms with Gasteiger partial charge in [0.15, 0.2) is 11.6 Å². The van der Waals surface area contributed by atoms with E-state index in [1.807, 2.05) is 19.1 Å². The number of ketones is 2. The number of Topliss-reactive ketones (excluding diaryl/α,β-unsaturated/α-hetero) is 2. The fourth-order valence-corrected chi connectivity index (χ4v) is 5.15. The Morgan fingerprint density at radius 2 is 1.26 bits per heavy atom. The van der Waals surface area contributed by atoms with Gasteiger partial charge in [-0.15, -0.1) is 0 Å². The highest BCUT2D eigenvalue weighted by Gasteiger charge is 2.30. The average Bonchev–Trinajstić information content (AvgIpc) is 2.80. The lowest BCUT2D eigenvalue weighted by Crippen LogP contribution is -2.21. The number of carbonyl (C=O) groups is 2. The van der Waals surface area contributed by atoms with Crippen LogP contribution >= 0.6 is 0 Å². The molecule has 0 bridgehead atoms. The van der Waals surface area contributed by atoms with Gasteiger partial charge in [0.05, 0.1) is 0 Å². The van der Waals surface area contributed by atoms with Crippen LogP contribution in [0.25, 0.3) is 0 Å². The molecule has 0 heterocycles. The molecule has 2 atom stereocenters. The van der Waals surface area contributed by atoms with Crippen molar-refractivity contribution in [3.8, 4) is 0 Å². The van der Waals surface area contributed by atoms with E-state index >= 15 is 0 Å². The zero-order valence-corrected chi connectivity index (χ0v) is 22.7. The van der Waals surface area contributed by atoms with E-state index in [9.17, 15) is 9.59 Å². The maximum absolute atomic E-state index is 13.0. The molecule has 2 heteroatoms. The Morgan fingerprint density at radius 1 is 0.765 bits per heavy atom. The third-order valence-corrected chi connectivity index (χ3v) is 7.48. The second-order valence-corrected chi connectivity index (χ2v) is 11.1. The highest BCUT2D eigenvalue weighted by atomic mass is 16.1. The lowest BCUT2D eigenvalue weighted by atomic mass is 9.81. The summed E-state index contributed by atoms with van der Waals surface area (Å²) in [4.78, 5) is 25.9. The Kier molecular flexibility index (Phi) is 12.0. The topological polar surface area (TPSA) is 34.1 Å². The Labute approximate surface area is 209 Å². The van der Waals surface area contributed by atoms with Crippen molar-refractivity contribution in [1.29, 1.82) is 0 Å². The number of hydrogen-bond donors (Lipinski definition) is 0. The van der Waals surface area contributed by atoms with Gasteiger partial charge in [-0.25, -0.2) is 0 Å². The third kappa shape index (κ3) is 8.67. The summed E-state index contributed by atoms with van der Waals surface area (Å²) in [5, 5.41) is 0. The fraction of sp³-hybridized carbons (Fsp3) is 0.625. The van der Waals surface area contributed by atoms with Gasteiger partial charge in [0, 0.05) is 22.3 Å². The van der Waals surface area contributed by atoms with Gasteiger partial charge in [-0.1, -0.05) is 115 Å². The van der Waals surface area contributed by atoms with E-state index in [1.54, 1.807) is 12.1 Å². The Bertz CT molecular complexity index is 871. The van der Waals surface area contributed by atoms with Crippen LogP contribution in [-0.4, -0.2) is 11.6 Å². The zero-order valence-electron chi connectivity index (χ0n) is 22.7. The minimum Gasteiger partial charge on any atom is -0.289 e. The van der Waals surface area contributed by atoms with Crippen LogP contribution in [0, 0.1) is 17.8 Å². The predicted octanol–water partition coefficient (Wildman–Crippen LogP) is 9.55.